The van der Waals surface area contributed by atoms with Gasteiger partial charge in [0.2, 0.25) is 17.8 Å². The van der Waals surface area contributed by atoms with Crippen molar-refractivity contribution in [2.75, 3.05) is 57.5 Å². The standard InChI is InChI=1S/C21H26N10O5/c1-33-15-9-13(30-22)17(35-3)7-11(15)25-20-27-19(24-5-6-32)28-21(29-20)26-12-8-18(36-4)14(31-23)10-16(12)34-2/h7-10,17-18,32H,5-6H2,1-4H3,(H3,24,25,26,27,28,29). The molecule has 0 aliphatic heterocycles. The minimum atomic E-state index is -0.641. The normalized spacial score (nSPS) is 19.1. The molecule has 1 aromatic rings. The van der Waals surface area contributed by atoms with Crippen molar-refractivity contribution in [2.45, 2.75) is 12.2 Å². The maximum Gasteiger partial charge on any atom is 0.328 e. The molecule has 1 heterocycles. The van der Waals surface area contributed by atoms with E-state index < -0.39 is 12.2 Å². The van der Waals surface area contributed by atoms with E-state index in [1.54, 1.807) is 12.2 Å². The van der Waals surface area contributed by atoms with Crippen LogP contribution in [0.1, 0.15) is 0 Å². The van der Waals surface area contributed by atoms with E-state index in [1.165, 1.54) is 40.6 Å². The van der Waals surface area contributed by atoms with Gasteiger partial charge < -0.3 is 51.1 Å². The fourth-order valence-corrected chi connectivity index (χ4v) is 3.29. The molecule has 0 saturated carbocycles. The SMILES string of the molecule is COC1=CC(=[N+]=[N-])C(OC)C=C1Nc1nc(NCCO)nc(NC2=CC(OC)C(=[N+]=[N-])C=C2OC)n1. The number of aromatic nitrogens is 3. The van der Waals surface area contributed by atoms with Gasteiger partial charge in [-0.3, -0.25) is 0 Å². The number of anilines is 3. The van der Waals surface area contributed by atoms with Gasteiger partial charge in [-0.25, -0.2) is 0 Å². The van der Waals surface area contributed by atoms with Crippen LogP contribution >= 0.6 is 0 Å². The molecule has 0 amide bonds. The van der Waals surface area contributed by atoms with Crippen molar-refractivity contribution in [1.82, 2.24) is 15.0 Å². The highest BCUT2D eigenvalue weighted by Crippen LogP contribution is 2.24. The molecule has 15 heteroatoms. The Morgan fingerprint density at radius 2 is 1.25 bits per heavy atom. The Labute approximate surface area is 206 Å². The molecule has 2 unspecified atom stereocenters. The molecular formula is C21H26N10O5. The number of aliphatic hydroxyl groups is 1. The van der Waals surface area contributed by atoms with Crippen molar-refractivity contribution in [3.8, 4) is 0 Å². The summed E-state index contributed by atoms with van der Waals surface area (Å²) in [5, 5.41) is 18.2. The Bertz CT molecular complexity index is 1130. The summed E-state index contributed by atoms with van der Waals surface area (Å²) in [7, 11) is 5.86. The van der Waals surface area contributed by atoms with E-state index in [0.29, 0.717) is 22.9 Å². The van der Waals surface area contributed by atoms with Crippen LogP contribution in [0.3, 0.4) is 0 Å². The van der Waals surface area contributed by atoms with Crippen molar-refractivity contribution in [3.05, 3.63) is 58.3 Å². The zero-order valence-corrected chi connectivity index (χ0v) is 20.1. The highest BCUT2D eigenvalue weighted by molar-refractivity contribution is 5.98. The molecule has 0 spiro atoms. The molecule has 2 aliphatic rings. The quantitative estimate of drug-likeness (QED) is 0.241. The van der Waals surface area contributed by atoms with Crippen molar-refractivity contribution >= 4 is 29.3 Å². The first-order valence-electron chi connectivity index (χ1n) is 10.6. The number of nitrogens with one attached hydrogen (secondary N) is 3. The Balaban J connectivity index is 1.97. The van der Waals surface area contributed by atoms with Gasteiger partial charge in [0.1, 0.15) is 11.5 Å². The predicted octanol–water partition coefficient (Wildman–Crippen LogP) is 0.327. The average Bonchev–Trinajstić information content (AvgIpc) is 2.91. The molecular weight excluding hydrogens is 472 g/mol. The average molecular weight is 499 g/mol. The molecule has 0 bridgehead atoms. The van der Waals surface area contributed by atoms with Crippen LogP contribution in [0.15, 0.2) is 47.2 Å². The van der Waals surface area contributed by atoms with E-state index in [0.717, 1.165) is 0 Å². The second-order valence-corrected chi connectivity index (χ2v) is 7.16. The van der Waals surface area contributed by atoms with Crippen LogP contribution in [0.25, 0.3) is 11.1 Å². The van der Waals surface area contributed by atoms with Gasteiger partial charge in [0, 0.05) is 20.8 Å². The minimum Gasteiger partial charge on any atom is -0.494 e. The molecule has 2 atom stereocenters. The largest absolute Gasteiger partial charge is 0.494 e. The van der Waals surface area contributed by atoms with Gasteiger partial charge in [-0.2, -0.15) is 24.5 Å². The fraction of sp³-hybridized carbons (Fsp3) is 0.381. The zero-order chi connectivity index (χ0) is 26.1. The second-order valence-electron chi connectivity index (χ2n) is 7.16. The third-order valence-electron chi connectivity index (χ3n) is 5.01. The number of rotatable bonds is 11. The van der Waals surface area contributed by atoms with E-state index in [9.17, 15) is 16.2 Å². The van der Waals surface area contributed by atoms with E-state index in [-0.39, 0.29) is 42.4 Å². The molecule has 190 valence electrons. The Morgan fingerprint density at radius 1 is 0.806 bits per heavy atom. The molecule has 1 aromatic heterocycles. The van der Waals surface area contributed by atoms with Crippen molar-refractivity contribution in [1.29, 1.82) is 0 Å². The van der Waals surface area contributed by atoms with Gasteiger partial charge in [-0.1, -0.05) is 0 Å². The summed E-state index contributed by atoms with van der Waals surface area (Å²) in [6, 6.07) is 0. The number of ether oxygens (including phenoxy) is 4. The number of hydrogen-bond donors (Lipinski definition) is 4. The molecule has 3 rings (SSSR count). The summed E-state index contributed by atoms with van der Waals surface area (Å²) >= 11 is 0. The van der Waals surface area contributed by atoms with E-state index >= 15 is 0 Å². The van der Waals surface area contributed by atoms with Crippen molar-refractivity contribution in [2.24, 2.45) is 0 Å². The van der Waals surface area contributed by atoms with Gasteiger partial charge in [-0.15, -0.1) is 0 Å². The van der Waals surface area contributed by atoms with Crippen molar-refractivity contribution < 1.29 is 33.6 Å². The zero-order valence-electron chi connectivity index (χ0n) is 20.1. The second kappa shape index (κ2) is 12.4. The summed E-state index contributed by atoms with van der Waals surface area (Å²) in [5.74, 6) is 1.14. The van der Waals surface area contributed by atoms with Gasteiger partial charge in [0.15, 0.2) is 12.2 Å². The minimum absolute atomic E-state index is 0.127. The Kier molecular flexibility index (Phi) is 9.00. The molecule has 0 saturated heterocycles. The maximum absolute atomic E-state index is 9.24. The van der Waals surface area contributed by atoms with Gasteiger partial charge in [-0.05, 0) is 12.2 Å². The lowest BCUT2D eigenvalue weighted by Crippen LogP contribution is -2.27. The molecule has 0 radical (unpaired) electrons. The van der Waals surface area contributed by atoms with Crippen LogP contribution < -0.4 is 16.0 Å². The van der Waals surface area contributed by atoms with Crippen LogP contribution in [0.5, 0.6) is 0 Å². The van der Waals surface area contributed by atoms with Gasteiger partial charge >= 0.3 is 11.4 Å². The number of aliphatic hydroxyl groups excluding tert-OH is 1. The van der Waals surface area contributed by atoms with Crippen LogP contribution in [0.2, 0.25) is 0 Å². The maximum atomic E-state index is 9.24. The first-order chi connectivity index (χ1) is 17.5. The lowest BCUT2D eigenvalue weighted by molar-refractivity contribution is -0.0193. The van der Waals surface area contributed by atoms with Crippen molar-refractivity contribution in [3.63, 3.8) is 0 Å². The highest BCUT2D eigenvalue weighted by Gasteiger charge is 2.30. The summed E-state index contributed by atoms with van der Waals surface area (Å²) < 4.78 is 21.5. The number of methoxy groups -OCH3 is 4. The van der Waals surface area contributed by atoms with E-state index in [1.807, 2.05) is 0 Å². The molecule has 2 aliphatic carbocycles. The lowest BCUT2D eigenvalue weighted by Gasteiger charge is -2.20. The molecule has 0 aromatic carbocycles. The monoisotopic (exact) mass is 498 g/mol. The molecule has 36 heavy (non-hydrogen) atoms. The number of nitrogens with zero attached hydrogens (tertiary/aromatic N) is 7. The Hall–Kier alpha value is -4.39. The van der Waals surface area contributed by atoms with Gasteiger partial charge in [0.05, 0.1) is 44.4 Å². The summed E-state index contributed by atoms with van der Waals surface area (Å²) in [4.78, 5) is 19.5. The van der Waals surface area contributed by atoms with E-state index in [4.69, 9.17) is 18.9 Å². The first-order valence-corrected chi connectivity index (χ1v) is 10.6. The molecule has 15 nitrogen and oxygen atoms in total. The third-order valence-corrected chi connectivity index (χ3v) is 5.01. The molecule has 0 fully saturated rings. The topological polar surface area (TPSA) is 205 Å². The summed E-state index contributed by atoms with van der Waals surface area (Å²) in [6.45, 7) is 0.0586. The lowest BCUT2D eigenvalue weighted by atomic mass is 10.1. The first kappa shape index (κ1) is 26.2. The highest BCUT2D eigenvalue weighted by atomic mass is 16.5. The van der Waals surface area contributed by atoms with E-state index in [2.05, 4.69) is 40.5 Å². The third kappa shape index (κ3) is 5.99. The summed E-state index contributed by atoms with van der Waals surface area (Å²) in [5.41, 5.74) is 19.9. The van der Waals surface area contributed by atoms with Gasteiger partial charge in [0.25, 0.3) is 0 Å². The van der Waals surface area contributed by atoms with Crippen LogP contribution in [0.4, 0.5) is 17.8 Å². The van der Waals surface area contributed by atoms with Crippen LogP contribution in [-0.4, -0.2) is 94.9 Å². The predicted molar refractivity (Wildman–Crippen MR) is 128 cm³/mol. The van der Waals surface area contributed by atoms with Crippen LogP contribution in [0, 0.1) is 0 Å². The fourth-order valence-electron chi connectivity index (χ4n) is 3.29. The molecule has 4 N–H and O–H groups in total. The number of hydrogen-bond acceptors (Lipinski definition) is 11. The smallest absolute Gasteiger partial charge is 0.328 e. The summed E-state index contributed by atoms with van der Waals surface area (Å²) in [6.07, 6.45) is 5.01. The van der Waals surface area contributed by atoms with Crippen LogP contribution in [-0.2, 0) is 18.9 Å². The Morgan fingerprint density at radius 3 is 1.61 bits per heavy atom.